The maximum absolute atomic E-state index is 13.9. The van der Waals surface area contributed by atoms with E-state index in [1.165, 1.54) is 0 Å². The van der Waals surface area contributed by atoms with E-state index >= 15 is 0 Å². The SMILES string of the molecule is Cc1nccn1CC1=Cc2cccnc2C(N2CCN(C(=O)N(CC(C)(C)O)c3ccc(C#N)cc3)CC2)c2ccc(Cl)cc21. The number of rotatable bonds is 6. The molecule has 4 aromatic rings. The predicted molar refractivity (Wildman–Crippen MR) is 176 cm³/mol. The monoisotopic (exact) mass is 621 g/mol. The molecule has 10 heteroatoms. The summed E-state index contributed by atoms with van der Waals surface area (Å²) in [5, 5.41) is 20.6. The number of pyridine rings is 1. The van der Waals surface area contributed by atoms with Crippen molar-refractivity contribution in [2.45, 2.75) is 39.0 Å². The molecule has 0 bridgehead atoms. The maximum atomic E-state index is 13.9. The van der Waals surface area contributed by atoms with Crippen LogP contribution in [0, 0.1) is 18.3 Å². The molecule has 1 aliphatic heterocycles. The minimum atomic E-state index is -1.11. The summed E-state index contributed by atoms with van der Waals surface area (Å²) in [6.45, 7) is 8.42. The first-order valence-electron chi connectivity index (χ1n) is 15.1. The highest BCUT2D eigenvalue weighted by atomic mass is 35.5. The van der Waals surface area contributed by atoms with Crippen LogP contribution in [0.25, 0.3) is 11.6 Å². The summed E-state index contributed by atoms with van der Waals surface area (Å²) in [6, 6.07) is 18.9. The topological polar surface area (TPSA) is 102 Å². The first-order chi connectivity index (χ1) is 21.6. The molecule has 1 saturated heterocycles. The third-order valence-electron chi connectivity index (χ3n) is 8.41. The number of nitrogens with zero attached hydrogens (tertiary/aromatic N) is 7. The second-order valence-electron chi connectivity index (χ2n) is 12.2. The van der Waals surface area contributed by atoms with Gasteiger partial charge in [0.25, 0.3) is 0 Å². The molecule has 2 aliphatic rings. The summed E-state index contributed by atoms with van der Waals surface area (Å²) < 4.78 is 2.13. The molecule has 0 radical (unpaired) electrons. The standard InChI is InChI=1S/C35H36ClN7O2/c1-24-38-13-14-42(24)22-27-19-26-5-4-12-39-32(26)33(30-11-8-28(36)20-31(27)30)40-15-17-41(18-16-40)34(44)43(23-35(2,3)45)29-9-6-25(21-37)7-10-29/h4-14,19-20,33,45H,15-18,22-23H2,1-3H3. The minimum Gasteiger partial charge on any atom is -0.389 e. The van der Waals surface area contributed by atoms with Crippen LogP contribution in [0.1, 0.15) is 53.7 Å². The number of urea groups is 1. The number of aromatic nitrogens is 3. The van der Waals surface area contributed by atoms with Gasteiger partial charge in [-0.1, -0.05) is 23.7 Å². The van der Waals surface area contributed by atoms with Gasteiger partial charge in [0, 0.05) is 62.0 Å². The molecule has 1 unspecified atom stereocenters. The van der Waals surface area contributed by atoms with E-state index in [9.17, 15) is 15.2 Å². The molecule has 6 rings (SSSR count). The van der Waals surface area contributed by atoms with Gasteiger partial charge in [-0.15, -0.1) is 0 Å². The molecule has 2 aromatic carbocycles. The van der Waals surface area contributed by atoms with Crippen LogP contribution >= 0.6 is 11.6 Å². The molecule has 1 N–H and O–H groups in total. The average Bonchev–Trinajstić information content (AvgIpc) is 3.38. The molecule has 45 heavy (non-hydrogen) atoms. The number of hydrogen-bond acceptors (Lipinski definition) is 6. The Morgan fingerprint density at radius 1 is 1.09 bits per heavy atom. The smallest absolute Gasteiger partial charge is 0.324 e. The molecule has 3 heterocycles. The molecule has 1 fully saturated rings. The number of nitriles is 1. The number of carbonyl (C=O) groups excluding carboxylic acids is 1. The van der Waals surface area contributed by atoms with E-state index in [0.717, 1.165) is 33.8 Å². The zero-order chi connectivity index (χ0) is 31.7. The van der Waals surface area contributed by atoms with Crippen molar-refractivity contribution in [3.63, 3.8) is 0 Å². The molecule has 2 aromatic heterocycles. The van der Waals surface area contributed by atoms with E-state index in [-0.39, 0.29) is 18.6 Å². The third kappa shape index (κ3) is 6.50. The fraction of sp³-hybridized carbons (Fsp3) is 0.314. The molecule has 0 spiro atoms. The summed E-state index contributed by atoms with van der Waals surface area (Å²) in [6.07, 6.45) is 7.85. The fourth-order valence-corrected chi connectivity index (χ4v) is 6.38. The molecule has 1 aliphatic carbocycles. The van der Waals surface area contributed by atoms with Crippen LogP contribution in [0.2, 0.25) is 5.02 Å². The Balaban J connectivity index is 1.29. The summed E-state index contributed by atoms with van der Waals surface area (Å²) in [5.74, 6) is 0.937. The number of anilines is 1. The van der Waals surface area contributed by atoms with Crippen LogP contribution in [0.5, 0.6) is 0 Å². The Hall–Kier alpha value is -4.49. The number of carbonyl (C=O) groups is 1. The van der Waals surface area contributed by atoms with Gasteiger partial charge in [-0.3, -0.25) is 14.8 Å². The molecule has 0 saturated carbocycles. The largest absolute Gasteiger partial charge is 0.389 e. The number of amides is 2. The van der Waals surface area contributed by atoms with E-state index in [1.54, 1.807) is 43.0 Å². The van der Waals surface area contributed by atoms with E-state index in [4.69, 9.17) is 16.6 Å². The Morgan fingerprint density at radius 3 is 2.51 bits per heavy atom. The van der Waals surface area contributed by atoms with Gasteiger partial charge in [-0.2, -0.15) is 5.26 Å². The molecule has 230 valence electrons. The quantitative estimate of drug-likeness (QED) is 0.293. The highest BCUT2D eigenvalue weighted by Gasteiger charge is 2.35. The lowest BCUT2D eigenvalue weighted by atomic mass is 9.93. The minimum absolute atomic E-state index is 0.122. The Bertz CT molecular complexity index is 1780. The van der Waals surface area contributed by atoms with Crippen molar-refractivity contribution >= 4 is 35.0 Å². The zero-order valence-corrected chi connectivity index (χ0v) is 26.4. The van der Waals surface area contributed by atoms with Crippen molar-refractivity contribution < 1.29 is 9.90 Å². The van der Waals surface area contributed by atoms with E-state index in [1.807, 2.05) is 48.6 Å². The zero-order valence-electron chi connectivity index (χ0n) is 25.7. The molecular weight excluding hydrogens is 586 g/mol. The van der Waals surface area contributed by atoms with Crippen LogP contribution in [-0.4, -0.2) is 73.8 Å². The van der Waals surface area contributed by atoms with Crippen LogP contribution in [-0.2, 0) is 6.54 Å². The van der Waals surface area contributed by atoms with Crippen molar-refractivity contribution in [1.29, 1.82) is 5.26 Å². The number of piperazine rings is 1. The van der Waals surface area contributed by atoms with Crippen molar-refractivity contribution in [3.05, 3.63) is 112 Å². The van der Waals surface area contributed by atoms with Gasteiger partial charge in [0.1, 0.15) is 5.82 Å². The Morgan fingerprint density at radius 2 is 1.84 bits per heavy atom. The van der Waals surface area contributed by atoms with Gasteiger partial charge in [-0.05, 0) is 91.6 Å². The third-order valence-corrected chi connectivity index (χ3v) is 8.65. The number of aryl methyl sites for hydroxylation is 1. The van der Waals surface area contributed by atoms with Crippen LogP contribution in [0.4, 0.5) is 10.5 Å². The summed E-state index contributed by atoms with van der Waals surface area (Å²) >= 11 is 6.59. The number of allylic oxidation sites excluding steroid dienone is 1. The first-order valence-corrected chi connectivity index (χ1v) is 15.4. The molecular formula is C35H36ClN7O2. The summed E-state index contributed by atoms with van der Waals surface area (Å²) in [5.41, 5.74) is 5.41. The fourth-order valence-electron chi connectivity index (χ4n) is 6.21. The lowest BCUT2D eigenvalue weighted by molar-refractivity contribution is 0.0836. The van der Waals surface area contributed by atoms with Crippen molar-refractivity contribution in [3.8, 4) is 6.07 Å². The Kier molecular flexibility index (Phi) is 8.47. The number of hydrogen-bond donors (Lipinski definition) is 1. The number of aliphatic hydroxyl groups is 1. The second-order valence-corrected chi connectivity index (χ2v) is 12.7. The van der Waals surface area contributed by atoms with Crippen molar-refractivity contribution in [2.75, 3.05) is 37.6 Å². The van der Waals surface area contributed by atoms with Crippen molar-refractivity contribution in [2.24, 2.45) is 0 Å². The van der Waals surface area contributed by atoms with E-state index in [2.05, 4.69) is 38.7 Å². The molecule has 2 amide bonds. The molecule has 9 nitrogen and oxygen atoms in total. The van der Waals surface area contributed by atoms with Gasteiger partial charge in [-0.25, -0.2) is 9.78 Å². The number of halogens is 1. The van der Waals surface area contributed by atoms with Crippen LogP contribution in [0.3, 0.4) is 0 Å². The number of imidazole rings is 1. The maximum Gasteiger partial charge on any atom is 0.324 e. The summed E-state index contributed by atoms with van der Waals surface area (Å²) in [7, 11) is 0. The predicted octanol–water partition coefficient (Wildman–Crippen LogP) is 5.77. The van der Waals surface area contributed by atoms with Gasteiger partial charge in [0.15, 0.2) is 0 Å². The van der Waals surface area contributed by atoms with Gasteiger partial charge >= 0.3 is 6.03 Å². The lowest BCUT2D eigenvalue weighted by Gasteiger charge is -2.42. The first kappa shape index (κ1) is 30.5. The van der Waals surface area contributed by atoms with E-state index < -0.39 is 5.60 Å². The lowest BCUT2D eigenvalue weighted by Crippen LogP contribution is -2.55. The number of fused-ring (bicyclic) bond motifs is 2. The van der Waals surface area contributed by atoms with E-state index in [0.29, 0.717) is 49.0 Å². The average molecular weight is 622 g/mol. The van der Waals surface area contributed by atoms with Gasteiger partial charge < -0.3 is 14.6 Å². The number of benzene rings is 2. The second kappa shape index (κ2) is 12.5. The van der Waals surface area contributed by atoms with Crippen LogP contribution in [0.15, 0.2) is 73.2 Å². The Labute approximate surface area is 268 Å². The summed E-state index contributed by atoms with van der Waals surface area (Å²) in [4.78, 5) is 29.1. The normalized spacial score (nSPS) is 16.7. The van der Waals surface area contributed by atoms with Gasteiger partial charge in [0.05, 0.1) is 35.5 Å². The highest BCUT2D eigenvalue weighted by Crippen LogP contribution is 2.41. The van der Waals surface area contributed by atoms with Crippen molar-refractivity contribution in [1.82, 2.24) is 24.3 Å². The highest BCUT2D eigenvalue weighted by molar-refractivity contribution is 6.30. The van der Waals surface area contributed by atoms with Crippen LogP contribution < -0.4 is 4.90 Å². The molecule has 1 atom stereocenters. The van der Waals surface area contributed by atoms with Gasteiger partial charge in [0.2, 0.25) is 0 Å².